The highest BCUT2D eigenvalue weighted by Gasteiger charge is 2.29. The van der Waals surface area contributed by atoms with Crippen molar-refractivity contribution < 1.29 is 9.59 Å². The van der Waals surface area contributed by atoms with E-state index in [9.17, 15) is 9.59 Å². The zero-order valence-electron chi connectivity index (χ0n) is 20.8. The van der Waals surface area contributed by atoms with E-state index in [1.54, 1.807) is 24.4 Å². The van der Waals surface area contributed by atoms with Gasteiger partial charge in [-0.25, -0.2) is 0 Å². The van der Waals surface area contributed by atoms with Crippen molar-refractivity contribution >= 4 is 17.9 Å². The maximum Gasteiger partial charge on any atom is 0.269 e. The van der Waals surface area contributed by atoms with Crippen LogP contribution >= 0.6 is 0 Å². The quantitative estimate of drug-likeness (QED) is 0.508. The van der Waals surface area contributed by atoms with Crippen LogP contribution in [0.25, 0.3) is 6.08 Å². The van der Waals surface area contributed by atoms with E-state index in [0.717, 1.165) is 30.5 Å². The first kappa shape index (κ1) is 24.5. The Bertz CT molecular complexity index is 1180. The molecule has 2 atom stereocenters. The molecular formula is C29H34N4O2. The second-order valence-electron chi connectivity index (χ2n) is 9.40. The summed E-state index contributed by atoms with van der Waals surface area (Å²) in [5, 5.41) is 2.97. The molecule has 4 rings (SSSR count). The van der Waals surface area contributed by atoms with Gasteiger partial charge < -0.3 is 14.8 Å². The molecule has 2 aromatic heterocycles. The summed E-state index contributed by atoms with van der Waals surface area (Å²) >= 11 is 0. The van der Waals surface area contributed by atoms with Crippen LogP contribution in [-0.2, 0) is 24.7 Å². The number of hydrogen-bond donors (Lipinski definition) is 1. The van der Waals surface area contributed by atoms with Gasteiger partial charge in [0.15, 0.2) is 0 Å². The molecule has 1 aliphatic rings. The molecular weight excluding hydrogens is 436 g/mol. The molecule has 1 N–H and O–H groups in total. The Labute approximate surface area is 207 Å². The number of amides is 2. The Morgan fingerprint density at radius 1 is 1.11 bits per heavy atom. The van der Waals surface area contributed by atoms with Gasteiger partial charge in [0.05, 0.1) is 0 Å². The van der Waals surface area contributed by atoms with Crippen LogP contribution in [0.1, 0.15) is 47.1 Å². The smallest absolute Gasteiger partial charge is 0.269 e. The van der Waals surface area contributed by atoms with E-state index in [2.05, 4.69) is 52.3 Å². The van der Waals surface area contributed by atoms with E-state index in [1.807, 2.05) is 37.2 Å². The van der Waals surface area contributed by atoms with E-state index in [1.165, 1.54) is 11.1 Å². The molecule has 2 amide bonds. The maximum absolute atomic E-state index is 13.7. The van der Waals surface area contributed by atoms with Gasteiger partial charge in [0.1, 0.15) is 5.69 Å². The summed E-state index contributed by atoms with van der Waals surface area (Å²) in [6, 6.07) is 17.7. The van der Waals surface area contributed by atoms with Crippen LogP contribution in [0, 0.1) is 5.92 Å². The average molecular weight is 471 g/mol. The number of hydrogen-bond acceptors (Lipinski definition) is 3. The number of aromatic nitrogens is 2. The lowest BCUT2D eigenvalue weighted by Crippen LogP contribution is -2.42. The van der Waals surface area contributed by atoms with E-state index in [-0.39, 0.29) is 23.8 Å². The number of likely N-dealkylation sites (N-methyl/N-ethyl adjacent to an activating group) is 1. The molecule has 1 aromatic carbocycles. The summed E-state index contributed by atoms with van der Waals surface area (Å²) < 4.78 is 2.08. The van der Waals surface area contributed by atoms with E-state index >= 15 is 0 Å². The van der Waals surface area contributed by atoms with Gasteiger partial charge in [-0.1, -0.05) is 43.3 Å². The monoisotopic (exact) mass is 470 g/mol. The lowest BCUT2D eigenvalue weighted by molar-refractivity contribution is -0.128. The normalized spacial score (nSPS) is 15.6. The topological polar surface area (TPSA) is 67.2 Å². The van der Waals surface area contributed by atoms with Crippen LogP contribution < -0.4 is 5.32 Å². The van der Waals surface area contributed by atoms with E-state index < -0.39 is 0 Å². The summed E-state index contributed by atoms with van der Waals surface area (Å²) in [6.45, 7) is 2.60. The predicted octanol–water partition coefficient (Wildman–Crippen LogP) is 4.28. The fourth-order valence-corrected chi connectivity index (χ4v) is 4.78. The van der Waals surface area contributed by atoms with Gasteiger partial charge in [0, 0.05) is 50.3 Å². The van der Waals surface area contributed by atoms with Gasteiger partial charge in [-0.15, -0.1) is 0 Å². The van der Waals surface area contributed by atoms with Crippen LogP contribution in [0.4, 0.5) is 0 Å². The minimum absolute atomic E-state index is 0.00496. The van der Waals surface area contributed by atoms with E-state index in [0.29, 0.717) is 18.7 Å². The zero-order valence-corrected chi connectivity index (χ0v) is 20.8. The fourth-order valence-electron chi connectivity index (χ4n) is 4.78. The molecule has 0 aliphatic heterocycles. The third kappa shape index (κ3) is 5.88. The number of nitrogens with zero attached hydrogens (tertiary/aromatic N) is 3. The van der Waals surface area contributed by atoms with Crippen LogP contribution in [0.5, 0.6) is 0 Å². The predicted molar refractivity (Wildman–Crippen MR) is 139 cm³/mol. The molecule has 0 bridgehead atoms. The molecule has 0 spiro atoms. The standard InChI is InChI=1S/C29H34N4O2/c1-21-19-23-15-18-32(2)27(23)20-25(21)29(35)33(3)24(13-12-22-9-5-4-6-10-22)14-17-31-28(34)26-11-7-8-16-30-26/h4-11,15-16,18,20-21,24H,12-14,17,19H2,1-3H3,(H,31,34). The van der Waals surface area contributed by atoms with Crippen LogP contribution in [-0.4, -0.2) is 45.9 Å². The van der Waals surface area contributed by atoms with Gasteiger partial charge in [-0.05, 0) is 67.0 Å². The molecule has 35 heavy (non-hydrogen) atoms. The number of rotatable bonds is 9. The molecule has 1 aliphatic carbocycles. The van der Waals surface area contributed by atoms with Gasteiger partial charge >= 0.3 is 0 Å². The van der Waals surface area contributed by atoms with Gasteiger partial charge in [0.25, 0.3) is 5.91 Å². The highest BCUT2D eigenvalue weighted by atomic mass is 16.2. The average Bonchev–Trinajstić information content (AvgIpc) is 3.24. The number of aryl methyl sites for hydroxylation is 2. The molecule has 0 fully saturated rings. The van der Waals surface area contributed by atoms with Crippen molar-refractivity contribution in [3.63, 3.8) is 0 Å². The van der Waals surface area contributed by atoms with Crippen LogP contribution in [0.15, 0.2) is 72.6 Å². The van der Waals surface area contributed by atoms with Crippen molar-refractivity contribution in [3.8, 4) is 0 Å². The maximum atomic E-state index is 13.7. The third-order valence-electron chi connectivity index (χ3n) is 6.94. The fraction of sp³-hybridized carbons (Fsp3) is 0.345. The molecule has 0 saturated carbocycles. The van der Waals surface area contributed by atoms with E-state index in [4.69, 9.17) is 0 Å². The molecule has 3 aromatic rings. The molecule has 6 nitrogen and oxygen atoms in total. The SMILES string of the molecule is CC1Cc2ccn(C)c2C=C1C(=O)N(C)C(CCNC(=O)c1ccccn1)CCc1ccccc1. The van der Waals surface area contributed by atoms with Crippen molar-refractivity contribution in [1.29, 1.82) is 0 Å². The lowest BCUT2D eigenvalue weighted by atomic mass is 9.86. The summed E-state index contributed by atoms with van der Waals surface area (Å²) in [5.74, 6) is 0.0400. The molecule has 0 radical (unpaired) electrons. The first-order valence-electron chi connectivity index (χ1n) is 12.3. The third-order valence-corrected chi connectivity index (χ3v) is 6.94. The minimum Gasteiger partial charge on any atom is -0.351 e. The van der Waals surface area contributed by atoms with Crippen LogP contribution in [0.2, 0.25) is 0 Å². The summed E-state index contributed by atoms with van der Waals surface area (Å²) in [7, 11) is 3.91. The Hall–Kier alpha value is -3.67. The number of carbonyl (C=O) groups excluding carboxylic acids is 2. The zero-order chi connectivity index (χ0) is 24.8. The van der Waals surface area contributed by atoms with Gasteiger partial charge in [-0.3, -0.25) is 14.6 Å². The van der Waals surface area contributed by atoms with Crippen molar-refractivity contribution in [2.24, 2.45) is 13.0 Å². The van der Waals surface area contributed by atoms with Crippen LogP contribution in [0.3, 0.4) is 0 Å². The molecule has 2 unspecified atom stereocenters. The summed E-state index contributed by atoms with van der Waals surface area (Å²) in [6.07, 6.45) is 8.95. The first-order valence-corrected chi connectivity index (χ1v) is 12.3. The Balaban J connectivity index is 1.47. The number of pyridine rings is 1. The number of carbonyl (C=O) groups is 2. The molecule has 2 heterocycles. The van der Waals surface area contributed by atoms with Gasteiger partial charge in [-0.2, -0.15) is 0 Å². The minimum atomic E-state index is -0.193. The Kier molecular flexibility index (Phi) is 7.80. The molecule has 6 heteroatoms. The number of fused-ring (bicyclic) bond motifs is 1. The highest BCUT2D eigenvalue weighted by Crippen LogP contribution is 2.30. The second-order valence-corrected chi connectivity index (χ2v) is 9.40. The van der Waals surface area contributed by atoms with Crippen molar-refractivity contribution in [2.75, 3.05) is 13.6 Å². The van der Waals surface area contributed by atoms with Gasteiger partial charge in [0.2, 0.25) is 5.91 Å². The second kappa shape index (κ2) is 11.2. The lowest BCUT2D eigenvalue weighted by Gasteiger charge is -2.32. The van der Waals surface area contributed by atoms with Crippen molar-refractivity contribution in [3.05, 3.63) is 95.1 Å². The number of nitrogens with one attached hydrogen (secondary N) is 1. The highest BCUT2D eigenvalue weighted by molar-refractivity contribution is 5.99. The van der Waals surface area contributed by atoms with Crippen molar-refractivity contribution in [2.45, 2.75) is 38.6 Å². The summed E-state index contributed by atoms with van der Waals surface area (Å²) in [5.41, 5.74) is 4.90. The first-order chi connectivity index (χ1) is 16.9. The number of benzene rings is 1. The Morgan fingerprint density at radius 2 is 1.89 bits per heavy atom. The van der Waals surface area contributed by atoms with Crippen molar-refractivity contribution in [1.82, 2.24) is 19.8 Å². The molecule has 182 valence electrons. The largest absolute Gasteiger partial charge is 0.351 e. The molecule has 0 saturated heterocycles. The summed E-state index contributed by atoms with van der Waals surface area (Å²) in [4.78, 5) is 32.1. The Morgan fingerprint density at radius 3 is 2.63 bits per heavy atom.